The second-order valence-corrected chi connectivity index (χ2v) is 3.34. The number of rotatable bonds is 5. The first-order chi connectivity index (χ1) is 8.71. The Morgan fingerprint density at radius 1 is 1.44 bits per heavy atom. The molecule has 1 aromatic rings. The zero-order chi connectivity index (χ0) is 13.4. The van der Waals surface area contributed by atoms with Crippen LogP contribution in [0.3, 0.4) is 0 Å². The summed E-state index contributed by atoms with van der Waals surface area (Å²) in [6.45, 7) is 0.863. The van der Waals surface area contributed by atoms with E-state index in [-0.39, 0.29) is 11.6 Å². The highest BCUT2D eigenvalue weighted by molar-refractivity contribution is 5.93. The quantitative estimate of drug-likeness (QED) is 0.238. The third-order valence-corrected chi connectivity index (χ3v) is 2.13. The van der Waals surface area contributed by atoms with Crippen LogP contribution in [0.1, 0.15) is 0 Å². The van der Waals surface area contributed by atoms with E-state index in [0.29, 0.717) is 18.9 Å². The van der Waals surface area contributed by atoms with Crippen molar-refractivity contribution >= 4 is 11.6 Å². The van der Waals surface area contributed by atoms with Crippen LogP contribution >= 0.6 is 0 Å². The maximum Gasteiger partial charge on any atom is 0.210 e. The number of halogens is 1. The molecule has 0 aromatic heterocycles. The van der Waals surface area contributed by atoms with E-state index in [1.165, 1.54) is 25.3 Å². The predicted molar refractivity (Wildman–Crippen MR) is 68.1 cm³/mol. The smallest absolute Gasteiger partial charge is 0.210 e. The number of aliphatic imine (C=N–C) groups is 1. The van der Waals surface area contributed by atoms with Crippen LogP contribution in [0.5, 0.6) is 5.75 Å². The second kappa shape index (κ2) is 7.46. The molecule has 0 saturated carbocycles. The Morgan fingerprint density at radius 2 is 2.22 bits per heavy atom. The zero-order valence-electron chi connectivity index (χ0n) is 10.4. The van der Waals surface area contributed by atoms with E-state index in [1.54, 1.807) is 7.11 Å². The fourth-order valence-electron chi connectivity index (χ4n) is 1.22. The van der Waals surface area contributed by atoms with Gasteiger partial charge in [-0.3, -0.25) is 5.43 Å². The molecule has 7 heteroatoms. The Balaban J connectivity index is 2.77. The van der Waals surface area contributed by atoms with Gasteiger partial charge in [0.2, 0.25) is 5.96 Å². The van der Waals surface area contributed by atoms with E-state index in [9.17, 15) is 4.39 Å². The van der Waals surface area contributed by atoms with Gasteiger partial charge in [0.25, 0.3) is 0 Å². The van der Waals surface area contributed by atoms with Crippen molar-refractivity contribution in [3.8, 4) is 5.75 Å². The third-order valence-electron chi connectivity index (χ3n) is 2.13. The summed E-state index contributed by atoms with van der Waals surface area (Å²) >= 11 is 0. The van der Waals surface area contributed by atoms with Gasteiger partial charge in [0.15, 0.2) is 0 Å². The van der Waals surface area contributed by atoms with Crippen molar-refractivity contribution in [3.63, 3.8) is 0 Å². The average Bonchev–Trinajstić information content (AvgIpc) is 2.40. The highest BCUT2D eigenvalue weighted by Crippen LogP contribution is 2.20. The molecular weight excluding hydrogens is 239 g/mol. The molecule has 4 N–H and O–H groups in total. The number of nitrogens with one attached hydrogen (secondary N) is 2. The van der Waals surface area contributed by atoms with Crippen LogP contribution in [0.2, 0.25) is 0 Å². The largest absolute Gasteiger partial charge is 0.497 e. The Kier molecular flexibility index (Phi) is 5.89. The first-order valence-electron chi connectivity index (χ1n) is 5.31. The van der Waals surface area contributed by atoms with Crippen LogP contribution < -0.4 is 21.3 Å². The molecule has 1 aromatic carbocycles. The third kappa shape index (κ3) is 4.19. The molecule has 0 aliphatic heterocycles. The second-order valence-electron chi connectivity index (χ2n) is 3.34. The van der Waals surface area contributed by atoms with Gasteiger partial charge in [0.05, 0.1) is 25.9 Å². The number of hydrogen-bond acceptors (Lipinski definition) is 4. The maximum absolute atomic E-state index is 13.5. The monoisotopic (exact) mass is 256 g/mol. The fraction of sp³-hybridized carbons (Fsp3) is 0.364. The summed E-state index contributed by atoms with van der Waals surface area (Å²) in [6, 6.07) is 4.33. The Bertz CT molecular complexity index is 412. The predicted octanol–water partition coefficient (Wildman–Crippen LogP) is 0.712. The molecule has 0 radical (unpaired) electrons. The average molecular weight is 256 g/mol. The Morgan fingerprint density at radius 3 is 2.83 bits per heavy atom. The van der Waals surface area contributed by atoms with Gasteiger partial charge < -0.3 is 14.8 Å². The van der Waals surface area contributed by atoms with Gasteiger partial charge in [0.1, 0.15) is 11.6 Å². The van der Waals surface area contributed by atoms with Gasteiger partial charge in [-0.1, -0.05) is 0 Å². The molecule has 0 spiro atoms. The van der Waals surface area contributed by atoms with Crippen molar-refractivity contribution in [1.82, 2.24) is 5.43 Å². The van der Waals surface area contributed by atoms with Crippen molar-refractivity contribution in [2.24, 2.45) is 10.8 Å². The lowest BCUT2D eigenvalue weighted by molar-refractivity contribution is 0.208. The van der Waals surface area contributed by atoms with Crippen LogP contribution in [0.4, 0.5) is 10.1 Å². The van der Waals surface area contributed by atoms with E-state index in [1.807, 2.05) is 0 Å². The summed E-state index contributed by atoms with van der Waals surface area (Å²) < 4.78 is 23.4. The molecule has 6 nitrogen and oxygen atoms in total. The molecule has 0 unspecified atom stereocenters. The minimum atomic E-state index is -0.425. The van der Waals surface area contributed by atoms with Crippen molar-refractivity contribution < 1.29 is 13.9 Å². The maximum atomic E-state index is 13.5. The summed E-state index contributed by atoms with van der Waals surface area (Å²) in [5, 5.41) is 2.73. The molecule has 1 rings (SSSR count). The van der Waals surface area contributed by atoms with E-state index in [2.05, 4.69) is 15.7 Å². The number of hydrogen-bond donors (Lipinski definition) is 3. The standard InChI is InChI=1S/C11H17FN4O2/c1-17-6-5-14-11(16-13)15-10-7-8(18-2)3-4-9(10)12/h3-4,7H,5-6,13H2,1-2H3,(H2,14,15,16). The van der Waals surface area contributed by atoms with Gasteiger partial charge in [0, 0.05) is 13.2 Å². The molecule has 0 atom stereocenters. The summed E-state index contributed by atoms with van der Waals surface area (Å²) in [6.07, 6.45) is 0. The molecule has 0 heterocycles. The lowest BCUT2D eigenvalue weighted by atomic mass is 10.3. The first-order valence-corrected chi connectivity index (χ1v) is 5.31. The Labute approximate surface area is 105 Å². The van der Waals surface area contributed by atoms with Crippen molar-refractivity contribution in [2.75, 3.05) is 32.7 Å². The Hall–Kier alpha value is -1.86. The van der Waals surface area contributed by atoms with Gasteiger partial charge >= 0.3 is 0 Å². The highest BCUT2D eigenvalue weighted by atomic mass is 19.1. The lowest BCUT2D eigenvalue weighted by Gasteiger charge is -2.11. The highest BCUT2D eigenvalue weighted by Gasteiger charge is 2.06. The number of nitrogens with zero attached hydrogens (tertiary/aromatic N) is 1. The zero-order valence-corrected chi connectivity index (χ0v) is 10.4. The minimum absolute atomic E-state index is 0.225. The minimum Gasteiger partial charge on any atom is -0.497 e. The van der Waals surface area contributed by atoms with E-state index in [0.717, 1.165) is 0 Å². The topological polar surface area (TPSA) is 80.9 Å². The number of hydrazine groups is 1. The number of anilines is 1. The summed E-state index contributed by atoms with van der Waals surface area (Å²) in [5.74, 6) is 5.64. The van der Waals surface area contributed by atoms with Gasteiger partial charge in [-0.15, -0.1) is 0 Å². The molecule has 100 valence electrons. The van der Waals surface area contributed by atoms with Crippen LogP contribution in [-0.2, 0) is 4.74 Å². The fourth-order valence-corrected chi connectivity index (χ4v) is 1.22. The molecule has 0 amide bonds. The normalized spacial score (nSPS) is 11.2. The van der Waals surface area contributed by atoms with Crippen molar-refractivity contribution in [2.45, 2.75) is 0 Å². The molecule has 0 aliphatic carbocycles. The number of nitrogens with two attached hydrogens (primary N) is 1. The lowest BCUT2D eigenvalue weighted by Crippen LogP contribution is -2.36. The SMILES string of the molecule is COCCN=C(NN)Nc1cc(OC)ccc1F. The van der Waals surface area contributed by atoms with Crippen LogP contribution in [0.15, 0.2) is 23.2 Å². The number of guanidine groups is 1. The molecule has 0 fully saturated rings. The number of ether oxygens (including phenoxy) is 2. The number of benzene rings is 1. The summed E-state index contributed by atoms with van der Waals surface area (Å²) in [4.78, 5) is 4.06. The first kappa shape index (κ1) is 14.2. The molecule has 18 heavy (non-hydrogen) atoms. The van der Waals surface area contributed by atoms with Crippen molar-refractivity contribution in [1.29, 1.82) is 0 Å². The summed E-state index contributed by atoms with van der Waals surface area (Å²) in [7, 11) is 3.08. The number of methoxy groups -OCH3 is 2. The van der Waals surface area contributed by atoms with Crippen LogP contribution in [-0.4, -0.2) is 33.3 Å². The van der Waals surface area contributed by atoms with Gasteiger partial charge in [-0.25, -0.2) is 15.2 Å². The van der Waals surface area contributed by atoms with Gasteiger partial charge in [-0.05, 0) is 12.1 Å². The molecule has 0 aliphatic rings. The van der Waals surface area contributed by atoms with Crippen LogP contribution in [0.25, 0.3) is 0 Å². The van der Waals surface area contributed by atoms with Crippen molar-refractivity contribution in [3.05, 3.63) is 24.0 Å². The van der Waals surface area contributed by atoms with Gasteiger partial charge in [-0.2, -0.15) is 0 Å². The molecular formula is C11H17FN4O2. The molecule has 0 saturated heterocycles. The van der Waals surface area contributed by atoms with E-state index < -0.39 is 5.82 Å². The van der Waals surface area contributed by atoms with Crippen LogP contribution in [0, 0.1) is 5.82 Å². The summed E-state index contributed by atoms with van der Waals surface area (Å²) in [5.41, 5.74) is 2.58. The van der Waals surface area contributed by atoms with E-state index in [4.69, 9.17) is 15.3 Å². The van der Waals surface area contributed by atoms with E-state index >= 15 is 0 Å². The molecule has 0 bridgehead atoms.